The molecule has 4 nitrogen and oxygen atoms in total. The van der Waals surface area contributed by atoms with Crippen molar-refractivity contribution in [1.29, 1.82) is 0 Å². The molecule has 0 unspecified atom stereocenters. The van der Waals surface area contributed by atoms with Gasteiger partial charge < -0.3 is 14.7 Å². The summed E-state index contributed by atoms with van der Waals surface area (Å²) in [4.78, 5) is 6.95. The molecule has 2 heterocycles. The maximum Gasteiger partial charge on any atom is 0.129 e. The number of nitrogens with zero attached hydrogens (tertiary/aromatic N) is 2. The van der Waals surface area contributed by atoms with Crippen molar-refractivity contribution in [2.45, 2.75) is 39.7 Å². The Hall–Kier alpha value is -1.39. The van der Waals surface area contributed by atoms with E-state index in [1.807, 2.05) is 26.8 Å². The molecule has 21 heavy (non-hydrogen) atoms. The third-order valence-electron chi connectivity index (χ3n) is 3.75. The molecule has 0 aliphatic carbocycles. The van der Waals surface area contributed by atoms with Crippen molar-refractivity contribution in [3.8, 4) is 0 Å². The first-order valence-electron chi connectivity index (χ1n) is 7.67. The Morgan fingerprint density at radius 2 is 2.05 bits per heavy atom. The SMILES string of the molecule is CC/C=C\c1c(C(C)(C)O)cc(N2CCOCC2)nc1C. The van der Waals surface area contributed by atoms with Crippen LogP contribution in [0, 0.1) is 6.92 Å². The zero-order valence-corrected chi connectivity index (χ0v) is 13.5. The summed E-state index contributed by atoms with van der Waals surface area (Å²) in [5.74, 6) is 0.932. The molecule has 116 valence electrons. The van der Waals surface area contributed by atoms with Crippen molar-refractivity contribution in [2.24, 2.45) is 0 Å². The largest absolute Gasteiger partial charge is 0.386 e. The highest BCUT2D eigenvalue weighted by atomic mass is 16.5. The summed E-state index contributed by atoms with van der Waals surface area (Å²) in [5, 5.41) is 10.5. The monoisotopic (exact) mass is 290 g/mol. The number of aryl methyl sites for hydroxylation is 1. The van der Waals surface area contributed by atoms with E-state index in [0.29, 0.717) is 0 Å². The van der Waals surface area contributed by atoms with Crippen LogP contribution in [-0.2, 0) is 10.3 Å². The van der Waals surface area contributed by atoms with Gasteiger partial charge >= 0.3 is 0 Å². The lowest BCUT2D eigenvalue weighted by Crippen LogP contribution is -2.37. The quantitative estimate of drug-likeness (QED) is 0.926. The van der Waals surface area contributed by atoms with Gasteiger partial charge in [0.15, 0.2) is 0 Å². The predicted octanol–water partition coefficient (Wildman–Crippen LogP) is 2.88. The highest BCUT2D eigenvalue weighted by molar-refractivity contribution is 5.61. The van der Waals surface area contributed by atoms with E-state index in [4.69, 9.17) is 9.72 Å². The smallest absolute Gasteiger partial charge is 0.129 e. The first-order chi connectivity index (χ1) is 9.93. The Balaban J connectivity index is 2.46. The van der Waals surface area contributed by atoms with Crippen LogP contribution in [0.2, 0.25) is 0 Å². The van der Waals surface area contributed by atoms with Crippen molar-refractivity contribution < 1.29 is 9.84 Å². The summed E-state index contributed by atoms with van der Waals surface area (Å²) in [6, 6.07) is 2.02. The second-order valence-electron chi connectivity index (χ2n) is 6.00. The Kier molecular flexibility index (Phi) is 5.01. The van der Waals surface area contributed by atoms with Gasteiger partial charge in [-0.15, -0.1) is 0 Å². The summed E-state index contributed by atoms with van der Waals surface area (Å²) < 4.78 is 5.40. The third kappa shape index (κ3) is 3.83. The average Bonchev–Trinajstić information content (AvgIpc) is 2.45. The zero-order valence-electron chi connectivity index (χ0n) is 13.5. The fourth-order valence-electron chi connectivity index (χ4n) is 2.57. The number of morpholine rings is 1. The molecule has 0 amide bonds. The van der Waals surface area contributed by atoms with Gasteiger partial charge in [0.25, 0.3) is 0 Å². The molecule has 1 N–H and O–H groups in total. The second-order valence-corrected chi connectivity index (χ2v) is 6.00. The standard InChI is InChI=1S/C17H26N2O2/c1-5-6-7-14-13(2)18-16(12-15(14)17(3,4)20)19-8-10-21-11-9-19/h6-7,12,20H,5,8-11H2,1-4H3/b7-6-. The maximum absolute atomic E-state index is 10.5. The Bertz CT molecular complexity index is 512. The average molecular weight is 290 g/mol. The number of allylic oxidation sites excluding steroid dienone is 1. The molecule has 0 bridgehead atoms. The van der Waals surface area contributed by atoms with Gasteiger partial charge in [0, 0.05) is 24.3 Å². The summed E-state index contributed by atoms with van der Waals surface area (Å²) in [6.45, 7) is 10.9. The highest BCUT2D eigenvalue weighted by Gasteiger charge is 2.24. The molecule has 1 aliphatic rings. The van der Waals surface area contributed by atoms with Gasteiger partial charge in [0.05, 0.1) is 18.8 Å². The lowest BCUT2D eigenvalue weighted by molar-refractivity contribution is 0.0782. The maximum atomic E-state index is 10.5. The van der Waals surface area contributed by atoms with Crippen molar-refractivity contribution in [3.05, 3.63) is 29.0 Å². The Labute approximate surface area is 127 Å². The van der Waals surface area contributed by atoms with Crippen LogP contribution in [0.3, 0.4) is 0 Å². The van der Waals surface area contributed by atoms with Crippen molar-refractivity contribution in [2.75, 3.05) is 31.2 Å². The number of rotatable bonds is 4. The van der Waals surface area contributed by atoms with Gasteiger partial charge in [-0.05, 0) is 38.8 Å². The van der Waals surface area contributed by atoms with E-state index in [0.717, 1.165) is 55.4 Å². The molecule has 4 heteroatoms. The Morgan fingerprint density at radius 1 is 1.38 bits per heavy atom. The molecule has 1 saturated heterocycles. The van der Waals surface area contributed by atoms with Crippen LogP contribution in [0.15, 0.2) is 12.1 Å². The lowest BCUT2D eigenvalue weighted by atomic mass is 9.92. The fraction of sp³-hybridized carbons (Fsp3) is 0.588. The number of ether oxygens (including phenoxy) is 1. The van der Waals surface area contributed by atoms with Gasteiger partial charge in [-0.25, -0.2) is 4.98 Å². The number of aromatic nitrogens is 1. The van der Waals surface area contributed by atoms with Gasteiger partial charge in [-0.3, -0.25) is 0 Å². The summed E-state index contributed by atoms with van der Waals surface area (Å²) >= 11 is 0. The molecule has 0 atom stereocenters. The van der Waals surface area contributed by atoms with Crippen molar-refractivity contribution >= 4 is 11.9 Å². The minimum absolute atomic E-state index is 0.732. The van der Waals surface area contributed by atoms with Crippen LogP contribution >= 0.6 is 0 Å². The van der Waals surface area contributed by atoms with E-state index in [1.165, 1.54) is 0 Å². The van der Waals surface area contributed by atoms with Gasteiger partial charge in [0.2, 0.25) is 0 Å². The first kappa shape index (κ1) is 16.0. The summed E-state index contributed by atoms with van der Waals surface area (Å²) in [6.07, 6.45) is 5.14. The summed E-state index contributed by atoms with van der Waals surface area (Å²) in [7, 11) is 0. The van der Waals surface area contributed by atoms with Crippen LogP contribution < -0.4 is 4.90 Å². The molecule has 0 saturated carbocycles. The Morgan fingerprint density at radius 3 is 2.62 bits per heavy atom. The zero-order chi connectivity index (χ0) is 15.5. The minimum Gasteiger partial charge on any atom is -0.386 e. The molecular weight excluding hydrogens is 264 g/mol. The van der Waals surface area contributed by atoms with E-state index >= 15 is 0 Å². The number of hydrogen-bond donors (Lipinski definition) is 1. The number of hydrogen-bond acceptors (Lipinski definition) is 4. The van der Waals surface area contributed by atoms with Crippen molar-refractivity contribution in [3.63, 3.8) is 0 Å². The molecular formula is C17H26N2O2. The fourth-order valence-corrected chi connectivity index (χ4v) is 2.57. The van der Waals surface area contributed by atoms with Crippen LogP contribution in [0.25, 0.3) is 6.08 Å². The van der Waals surface area contributed by atoms with Gasteiger partial charge in [-0.2, -0.15) is 0 Å². The molecule has 1 aliphatic heterocycles. The normalized spacial score (nSPS) is 16.7. The summed E-state index contributed by atoms with van der Waals surface area (Å²) in [5.41, 5.74) is 2.03. The van der Waals surface area contributed by atoms with E-state index in [-0.39, 0.29) is 0 Å². The third-order valence-corrected chi connectivity index (χ3v) is 3.75. The van der Waals surface area contributed by atoms with E-state index in [1.54, 1.807) is 0 Å². The van der Waals surface area contributed by atoms with E-state index in [2.05, 4.69) is 24.0 Å². The first-order valence-corrected chi connectivity index (χ1v) is 7.67. The lowest BCUT2D eigenvalue weighted by Gasteiger charge is -2.30. The molecule has 1 aromatic heterocycles. The molecule has 0 aromatic carbocycles. The van der Waals surface area contributed by atoms with Crippen LogP contribution in [0.4, 0.5) is 5.82 Å². The topological polar surface area (TPSA) is 45.6 Å². The molecule has 1 fully saturated rings. The van der Waals surface area contributed by atoms with E-state index < -0.39 is 5.60 Å². The van der Waals surface area contributed by atoms with Crippen LogP contribution in [0.1, 0.15) is 44.0 Å². The van der Waals surface area contributed by atoms with Crippen LogP contribution in [0.5, 0.6) is 0 Å². The molecule has 0 radical (unpaired) electrons. The highest BCUT2D eigenvalue weighted by Crippen LogP contribution is 2.30. The number of aliphatic hydroxyl groups is 1. The minimum atomic E-state index is -0.887. The van der Waals surface area contributed by atoms with Crippen molar-refractivity contribution in [1.82, 2.24) is 4.98 Å². The second kappa shape index (κ2) is 6.58. The molecule has 2 rings (SSSR count). The van der Waals surface area contributed by atoms with E-state index in [9.17, 15) is 5.11 Å². The van der Waals surface area contributed by atoms with Gasteiger partial charge in [0.1, 0.15) is 5.82 Å². The predicted molar refractivity (Wildman–Crippen MR) is 86.6 cm³/mol. The van der Waals surface area contributed by atoms with Gasteiger partial charge in [-0.1, -0.05) is 19.1 Å². The number of anilines is 1. The van der Waals surface area contributed by atoms with Crippen LogP contribution in [-0.4, -0.2) is 36.4 Å². The molecule has 1 aromatic rings. The number of pyridine rings is 1. The molecule has 0 spiro atoms.